The average molecular weight is 262 g/mol. The molecule has 2 aliphatic rings. The summed E-state index contributed by atoms with van der Waals surface area (Å²) in [4.78, 5) is 11.6. The first-order valence-corrected chi connectivity index (χ1v) is 7.05. The molecule has 1 fully saturated rings. The molecule has 2 unspecified atom stereocenters. The second-order valence-corrected chi connectivity index (χ2v) is 5.26. The van der Waals surface area contributed by atoms with Crippen molar-refractivity contribution in [2.75, 3.05) is 0 Å². The largest absolute Gasteiger partial charge is 0.491 e. The number of hydrogen-bond donors (Lipinski definition) is 0. The fourth-order valence-electron chi connectivity index (χ4n) is 2.44. The van der Waals surface area contributed by atoms with Gasteiger partial charge in [-0.3, -0.25) is 0 Å². The molecule has 0 radical (unpaired) electrons. The highest BCUT2D eigenvalue weighted by Gasteiger charge is 2.30. The van der Waals surface area contributed by atoms with Crippen molar-refractivity contribution in [2.45, 2.75) is 57.7 Å². The Balaban J connectivity index is 1.95. The predicted molar refractivity (Wildman–Crippen MR) is 74.5 cm³/mol. The number of esters is 1. The number of carbonyl (C=O) groups is 1. The molecule has 0 aromatic rings. The molecule has 3 heteroatoms. The summed E-state index contributed by atoms with van der Waals surface area (Å²) in [7, 11) is 0. The molecule has 2 rings (SSSR count). The molecule has 0 bridgehead atoms. The van der Waals surface area contributed by atoms with Gasteiger partial charge >= 0.3 is 5.97 Å². The first-order valence-electron chi connectivity index (χ1n) is 7.05. The van der Waals surface area contributed by atoms with E-state index in [2.05, 4.69) is 12.7 Å². The Hall–Kier alpha value is -1.51. The van der Waals surface area contributed by atoms with Crippen LogP contribution in [0.15, 0.2) is 36.1 Å². The summed E-state index contributed by atoms with van der Waals surface area (Å²) in [5.41, 5.74) is 0.448. The first kappa shape index (κ1) is 13.9. The van der Waals surface area contributed by atoms with Crippen LogP contribution in [-0.4, -0.2) is 18.2 Å². The van der Waals surface area contributed by atoms with Crippen LogP contribution in [0.3, 0.4) is 0 Å². The van der Waals surface area contributed by atoms with E-state index in [1.165, 1.54) is 0 Å². The summed E-state index contributed by atoms with van der Waals surface area (Å²) in [6.07, 6.45) is 12.0. The zero-order valence-electron chi connectivity index (χ0n) is 11.6. The Morgan fingerprint density at radius 1 is 1.32 bits per heavy atom. The lowest BCUT2D eigenvalue weighted by Crippen LogP contribution is -2.36. The van der Waals surface area contributed by atoms with Crippen molar-refractivity contribution in [3.63, 3.8) is 0 Å². The molecule has 0 N–H and O–H groups in total. The van der Waals surface area contributed by atoms with Crippen molar-refractivity contribution in [2.24, 2.45) is 0 Å². The standard InChI is InChI=1S/C16H22O3/c1-12(2)16(17)19-15-11-7-6-10-14(15)18-13-8-4-3-5-9-13/h3-4,8,14-15H,1,5-7,9-11H2,2H3. The van der Waals surface area contributed by atoms with E-state index in [0.717, 1.165) is 44.3 Å². The van der Waals surface area contributed by atoms with Crippen LogP contribution in [0.5, 0.6) is 0 Å². The van der Waals surface area contributed by atoms with E-state index < -0.39 is 0 Å². The third-order valence-corrected chi connectivity index (χ3v) is 3.53. The van der Waals surface area contributed by atoms with Crippen LogP contribution < -0.4 is 0 Å². The van der Waals surface area contributed by atoms with Crippen LogP contribution in [0.25, 0.3) is 0 Å². The number of carbonyl (C=O) groups excluding carboxylic acids is 1. The third-order valence-electron chi connectivity index (χ3n) is 3.53. The maximum Gasteiger partial charge on any atom is 0.333 e. The van der Waals surface area contributed by atoms with E-state index in [1.807, 2.05) is 12.2 Å². The Labute approximate surface area is 115 Å². The van der Waals surface area contributed by atoms with Gasteiger partial charge in [0.1, 0.15) is 12.2 Å². The molecule has 0 amide bonds. The molecule has 0 aromatic carbocycles. The van der Waals surface area contributed by atoms with Gasteiger partial charge in [0.15, 0.2) is 0 Å². The molecule has 0 aliphatic heterocycles. The van der Waals surface area contributed by atoms with Gasteiger partial charge < -0.3 is 9.47 Å². The Morgan fingerprint density at radius 3 is 2.68 bits per heavy atom. The normalized spacial score (nSPS) is 26.5. The van der Waals surface area contributed by atoms with Crippen LogP contribution in [0.1, 0.15) is 45.4 Å². The minimum Gasteiger partial charge on any atom is -0.491 e. The number of rotatable bonds is 4. The smallest absolute Gasteiger partial charge is 0.333 e. The molecule has 0 aromatic heterocycles. The van der Waals surface area contributed by atoms with Crippen LogP contribution >= 0.6 is 0 Å². The second kappa shape index (κ2) is 6.60. The molecule has 2 atom stereocenters. The second-order valence-electron chi connectivity index (χ2n) is 5.26. The highest BCUT2D eigenvalue weighted by atomic mass is 16.6. The lowest BCUT2D eigenvalue weighted by molar-refractivity contribution is -0.153. The van der Waals surface area contributed by atoms with Gasteiger partial charge in [-0.25, -0.2) is 4.79 Å². The minimum absolute atomic E-state index is 0.00481. The molecule has 2 aliphatic carbocycles. The van der Waals surface area contributed by atoms with Gasteiger partial charge in [-0.05, 0) is 45.1 Å². The van der Waals surface area contributed by atoms with Gasteiger partial charge in [-0.1, -0.05) is 18.7 Å². The fraction of sp³-hybridized carbons (Fsp3) is 0.562. The molecular weight excluding hydrogens is 240 g/mol. The van der Waals surface area contributed by atoms with E-state index in [4.69, 9.17) is 9.47 Å². The highest BCUT2D eigenvalue weighted by molar-refractivity contribution is 5.87. The molecule has 0 heterocycles. The molecule has 104 valence electrons. The number of hydrogen-bond acceptors (Lipinski definition) is 3. The molecule has 1 saturated carbocycles. The van der Waals surface area contributed by atoms with Crippen molar-refractivity contribution < 1.29 is 14.3 Å². The predicted octanol–water partition coefficient (Wildman–Crippen LogP) is 3.67. The average Bonchev–Trinajstić information content (AvgIpc) is 2.42. The summed E-state index contributed by atoms with van der Waals surface area (Å²) in [6, 6.07) is 0. The van der Waals surface area contributed by atoms with Crippen molar-refractivity contribution in [1.29, 1.82) is 0 Å². The van der Waals surface area contributed by atoms with Crippen molar-refractivity contribution in [3.05, 3.63) is 36.1 Å². The van der Waals surface area contributed by atoms with Crippen LogP contribution in [-0.2, 0) is 14.3 Å². The molecule has 0 spiro atoms. The Bertz CT molecular complexity index is 406. The van der Waals surface area contributed by atoms with Gasteiger partial charge in [0.2, 0.25) is 0 Å². The third kappa shape index (κ3) is 3.98. The summed E-state index contributed by atoms with van der Waals surface area (Å²) in [5.74, 6) is 0.698. The topological polar surface area (TPSA) is 35.5 Å². The van der Waals surface area contributed by atoms with Crippen molar-refractivity contribution in [1.82, 2.24) is 0 Å². The zero-order valence-corrected chi connectivity index (χ0v) is 11.6. The Kier molecular flexibility index (Phi) is 4.83. The summed E-state index contributed by atoms with van der Waals surface area (Å²) in [5, 5.41) is 0. The number of ether oxygens (including phenoxy) is 2. The highest BCUT2D eigenvalue weighted by Crippen LogP contribution is 2.28. The maximum atomic E-state index is 11.6. The van der Waals surface area contributed by atoms with E-state index in [0.29, 0.717) is 5.57 Å². The van der Waals surface area contributed by atoms with Gasteiger partial charge in [0, 0.05) is 12.0 Å². The summed E-state index contributed by atoms with van der Waals surface area (Å²) < 4.78 is 11.5. The zero-order chi connectivity index (χ0) is 13.7. The molecule has 19 heavy (non-hydrogen) atoms. The van der Waals surface area contributed by atoms with E-state index >= 15 is 0 Å². The van der Waals surface area contributed by atoms with Gasteiger partial charge in [-0.15, -0.1) is 0 Å². The fourth-order valence-corrected chi connectivity index (χ4v) is 2.44. The maximum absolute atomic E-state index is 11.6. The first-order chi connectivity index (χ1) is 9.16. The summed E-state index contributed by atoms with van der Waals surface area (Å²) >= 11 is 0. The quantitative estimate of drug-likeness (QED) is 0.573. The minimum atomic E-state index is -0.307. The van der Waals surface area contributed by atoms with Gasteiger partial charge in [0.25, 0.3) is 0 Å². The van der Waals surface area contributed by atoms with E-state index in [-0.39, 0.29) is 18.2 Å². The molecule has 3 nitrogen and oxygen atoms in total. The Morgan fingerprint density at radius 2 is 2.05 bits per heavy atom. The lowest BCUT2D eigenvalue weighted by atomic mass is 9.94. The molecular formula is C16H22O3. The number of allylic oxidation sites excluding steroid dienone is 4. The van der Waals surface area contributed by atoms with Crippen LogP contribution in [0.2, 0.25) is 0 Å². The van der Waals surface area contributed by atoms with Gasteiger partial charge in [-0.2, -0.15) is 0 Å². The van der Waals surface area contributed by atoms with Gasteiger partial charge in [0.05, 0.1) is 5.76 Å². The van der Waals surface area contributed by atoms with E-state index in [1.54, 1.807) is 6.92 Å². The van der Waals surface area contributed by atoms with Crippen molar-refractivity contribution in [3.8, 4) is 0 Å². The van der Waals surface area contributed by atoms with Crippen LogP contribution in [0.4, 0.5) is 0 Å². The van der Waals surface area contributed by atoms with E-state index in [9.17, 15) is 4.79 Å². The van der Waals surface area contributed by atoms with Crippen LogP contribution in [0, 0.1) is 0 Å². The summed E-state index contributed by atoms with van der Waals surface area (Å²) in [6.45, 7) is 5.30. The lowest BCUT2D eigenvalue weighted by Gasteiger charge is -2.32. The van der Waals surface area contributed by atoms with Crippen molar-refractivity contribution >= 4 is 5.97 Å². The molecule has 0 saturated heterocycles. The monoisotopic (exact) mass is 262 g/mol. The SMILES string of the molecule is C=C(C)C(=O)OC1CCCCC1OC1=CC=CCC1.